The molecule has 0 amide bonds. The summed E-state index contributed by atoms with van der Waals surface area (Å²) in [5.74, 6) is 2.13. The number of nitrogens with one attached hydrogen (secondary N) is 1. The molecule has 0 aliphatic heterocycles. The summed E-state index contributed by atoms with van der Waals surface area (Å²) >= 11 is 0. The molecule has 0 saturated heterocycles. The Morgan fingerprint density at radius 3 is 2.26 bits per heavy atom. The van der Waals surface area contributed by atoms with Crippen molar-refractivity contribution in [2.24, 2.45) is 5.92 Å². The van der Waals surface area contributed by atoms with Gasteiger partial charge in [0.25, 0.3) is 0 Å². The van der Waals surface area contributed by atoms with Crippen molar-refractivity contribution in [3.8, 4) is 5.75 Å². The molecule has 0 aliphatic carbocycles. The van der Waals surface area contributed by atoms with Crippen LogP contribution in [0.15, 0.2) is 12.1 Å². The summed E-state index contributed by atoms with van der Waals surface area (Å²) in [6.07, 6.45) is 0. The Labute approximate surface area is 118 Å². The molecule has 1 aromatic carbocycles. The summed E-state index contributed by atoms with van der Waals surface area (Å²) in [5, 5.41) is 3.52. The van der Waals surface area contributed by atoms with E-state index in [4.69, 9.17) is 4.74 Å². The third kappa shape index (κ3) is 3.97. The van der Waals surface area contributed by atoms with E-state index in [0.29, 0.717) is 17.9 Å². The van der Waals surface area contributed by atoms with E-state index in [0.717, 1.165) is 12.3 Å². The van der Waals surface area contributed by atoms with Gasteiger partial charge < -0.3 is 10.1 Å². The van der Waals surface area contributed by atoms with Gasteiger partial charge in [-0.25, -0.2) is 0 Å². The number of methoxy groups -OCH3 is 1. The highest BCUT2D eigenvalue weighted by Gasteiger charge is 2.20. The van der Waals surface area contributed by atoms with Gasteiger partial charge in [-0.1, -0.05) is 39.8 Å². The van der Waals surface area contributed by atoms with Crippen molar-refractivity contribution >= 4 is 0 Å². The number of benzene rings is 1. The van der Waals surface area contributed by atoms with E-state index in [9.17, 15) is 0 Å². The zero-order chi connectivity index (χ0) is 14.6. The van der Waals surface area contributed by atoms with Crippen molar-refractivity contribution in [2.75, 3.05) is 13.7 Å². The van der Waals surface area contributed by atoms with Gasteiger partial charge in [0, 0.05) is 6.04 Å². The molecule has 108 valence electrons. The molecule has 19 heavy (non-hydrogen) atoms. The first-order valence-corrected chi connectivity index (χ1v) is 7.25. The quantitative estimate of drug-likeness (QED) is 0.836. The monoisotopic (exact) mass is 263 g/mol. The molecule has 0 heterocycles. The van der Waals surface area contributed by atoms with Gasteiger partial charge >= 0.3 is 0 Å². The average molecular weight is 263 g/mol. The largest absolute Gasteiger partial charge is 0.496 e. The maximum Gasteiger partial charge on any atom is 0.125 e. The number of ether oxygens (including phenoxy) is 1. The van der Waals surface area contributed by atoms with Gasteiger partial charge in [0.2, 0.25) is 0 Å². The van der Waals surface area contributed by atoms with Gasteiger partial charge in [-0.3, -0.25) is 0 Å². The van der Waals surface area contributed by atoms with Crippen LogP contribution in [0.2, 0.25) is 0 Å². The highest BCUT2D eigenvalue weighted by molar-refractivity contribution is 5.47. The molecule has 2 heteroatoms. The van der Waals surface area contributed by atoms with Gasteiger partial charge in [0.05, 0.1) is 7.11 Å². The van der Waals surface area contributed by atoms with Crippen molar-refractivity contribution < 1.29 is 4.74 Å². The molecule has 0 saturated carbocycles. The van der Waals surface area contributed by atoms with E-state index in [1.54, 1.807) is 7.11 Å². The van der Waals surface area contributed by atoms with Crippen molar-refractivity contribution in [1.82, 2.24) is 5.32 Å². The van der Waals surface area contributed by atoms with Gasteiger partial charge in [0.15, 0.2) is 0 Å². The molecular formula is C17H29NO. The third-order valence-electron chi connectivity index (χ3n) is 4.10. The lowest BCUT2D eigenvalue weighted by Crippen LogP contribution is -2.30. The second-order valence-electron chi connectivity index (χ2n) is 5.96. The van der Waals surface area contributed by atoms with Gasteiger partial charge in [-0.15, -0.1) is 0 Å². The van der Waals surface area contributed by atoms with Gasteiger partial charge in [0.1, 0.15) is 5.75 Å². The molecule has 2 nitrogen and oxygen atoms in total. The molecule has 0 radical (unpaired) electrons. The summed E-state index contributed by atoms with van der Waals surface area (Å²) < 4.78 is 5.63. The van der Waals surface area contributed by atoms with Crippen molar-refractivity contribution in [2.45, 2.75) is 53.5 Å². The van der Waals surface area contributed by atoms with Crippen LogP contribution in [0.3, 0.4) is 0 Å². The molecule has 2 unspecified atom stereocenters. The molecule has 0 aliphatic rings. The first kappa shape index (κ1) is 16.0. The molecule has 0 spiro atoms. The molecule has 1 rings (SSSR count). The van der Waals surface area contributed by atoms with Crippen LogP contribution in [0.4, 0.5) is 0 Å². The Hall–Kier alpha value is -1.02. The average Bonchev–Trinajstić information content (AvgIpc) is 2.38. The number of hydrogen-bond donors (Lipinski definition) is 1. The Balaban J connectivity index is 2.93. The van der Waals surface area contributed by atoms with Gasteiger partial charge in [-0.05, 0) is 48.9 Å². The Morgan fingerprint density at radius 1 is 1.11 bits per heavy atom. The Morgan fingerprint density at radius 2 is 1.74 bits per heavy atom. The van der Waals surface area contributed by atoms with Crippen molar-refractivity contribution in [3.63, 3.8) is 0 Å². The van der Waals surface area contributed by atoms with E-state index in [-0.39, 0.29) is 0 Å². The summed E-state index contributed by atoms with van der Waals surface area (Å²) in [5.41, 5.74) is 3.88. The summed E-state index contributed by atoms with van der Waals surface area (Å²) in [7, 11) is 1.77. The van der Waals surface area contributed by atoms with Crippen LogP contribution < -0.4 is 10.1 Å². The first-order chi connectivity index (χ1) is 8.88. The fourth-order valence-corrected chi connectivity index (χ4v) is 2.35. The molecule has 1 N–H and O–H groups in total. The zero-order valence-corrected chi connectivity index (χ0v) is 13.5. The SMILES string of the molecule is COc1c(C(C)C(C)CNC(C)C)ccc(C)c1C. The Kier molecular flexibility index (Phi) is 5.86. The van der Waals surface area contributed by atoms with Crippen LogP contribution in [0.25, 0.3) is 0 Å². The second-order valence-corrected chi connectivity index (χ2v) is 5.96. The van der Waals surface area contributed by atoms with Crippen LogP contribution in [-0.4, -0.2) is 19.7 Å². The maximum atomic E-state index is 5.63. The van der Waals surface area contributed by atoms with Gasteiger partial charge in [-0.2, -0.15) is 0 Å². The fraction of sp³-hybridized carbons (Fsp3) is 0.647. The van der Waals surface area contributed by atoms with Crippen molar-refractivity contribution in [3.05, 3.63) is 28.8 Å². The second kappa shape index (κ2) is 6.95. The minimum absolute atomic E-state index is 0.487. The summed E-state index contributed by atoms with van der Waals surface area (Å²) in [6, 6.07) is 4.96. The lowest BCUT2D eigenvalue weighted by atomic mass is 9.86. The minimum atomic E-state index is 0.487. The first-order valence-electron chi connectivity index (χ1n) is 7.25. The van der Waals surface area contributed by atoms with E-state index in [1.807, 2.05) is 0 Å². The van der Waals surface area contributed by atoms with Crippen molar-refractivity contribution in [1.29, 1.82) is 0 Å². The normalized spacial score (nSPS) is 14.5. The lowest BCUT2D eigenvalue weighted by Gasteiger charge is -2.25. The predicted octanol–water partition coefficient (Wildman–Crippen LogP) is 4.05. The molecule has 2 atom stereocenters. The predicted molar refractivity (Wildman–Crippen MR) is 83.2 cm³/mol. The van der Waals surface area contributed by atoms with Crippen LogP contribution in [0.1, 0.15) is 50.3 Å². The highest BCUT2D eigenvalue weighted by Crippen LogP contribution is 2.35. The summed E-state index contributed by atoms with van der Waals surface area (Å²) in [4.78, 5) is 0. The number of aryl methyl sites for hydroxylation is 1. The minimum Gasteiger partial charge on any atom is -0.496 e. The van der Waals surface area contributed by atoms with E-state index < -0.39 is 0 Å². The maximum absolute atomic E-state index is 5.63. The molecule has 1 aromatic rings. The zero-order valence-electron chi connectivity index (χ0n) is 13.5. The van der Waals surface area contributed by atoms with Crippen LogP contribution >= 0.6 is 0 Å². The summed E-state index contributed by atoms with van der Waals surface area (Å²) in [6.45, 7) is 14.3. The standard InChI is InChI=1S/C17H29NO/c1-11(2)18-10-13(4)14(5)16-9-8-12(3)15(6)17(16)19-7/h8-9,11,13-14,18H,10H2,1-7H3. The Bertz CT molecular complexity index is 412. The van der Waals surface area contributed by atoms with Crippen LogP contribution in [0, 0.1) is 19.8 Å². The highest BCUT2D eigenvalue weighted by atomic mass is 16.5. The molecule has 0 fully saturated rings. The van der Waals surface area contributed by atoms with E-state index in [2.05, 4.69) is 59.0 Å². The third-order valence-corrected chi connectivity index (χ3v) is 4.10. The smallest absolute Gasteiger partial charge is 0.125 e. The molecule has 0 aromatic heterocycles. The fourth-order valence-electron chi connectivity index (χ4n) is 2.35. The molecular weight excluding hydrogens is 234 g/mol. The van der Waals surface area contributed by atoms with E-state index in [1.165, 1.54) is 16.7 Å². The van der Waals surface area contributed by atoms with Crippen LogP contribution in [-0.2, 0) is 0 Å². The van der Waals surface area contributed by atoms with Crippen LogP contribution in [0.5, 0.6) is 5.75 Å². The number of rotatable bonds is 6. The molecule has 0 bridgehead atoms. The number of hydrogen-bond acceptors (Lipinski definition) is 2. The topological polar surface area (TPSA) is 21.3 Å². The lowest BCUT2D eigenvalue weighted by molar-refractivity contribution is 0.382. The van der Waals surface area contributed by atoms with E-state index >= 15 is 0 Å².